The van der Waals surface area contributed by atoms with E-state index in [1.807, 2.05) is 0 Å². The highest BCUT2D eigenvalue weighted by Gasteiger charge is 2.10. The molecule has 0 aromatic heterocycles. The molecule has 1 aromatic carbocycles. The molecule has 15 heavy (non-hydrogen) atoms. The number of aromatic carboxylic acids is 1. The standard InChI is InChI=1S/C11H7NO3/c1-15-10-7-8(3-2-6-12)4-5-9(10)11(13)14/h4-5,7H,1H3,(H,13,14). The van der Waals surface area contributed by atoms with Gasteiger partial charge in [0.2, 0.25) is 0 Å². The zero-order chi connectivity index (χ0) is 11.3. The number of carboxylic acid groups (broad SMARTS) is 1. The third kappa shape index (κ3) is 2.49. The lowest BCUT2D eigenvalue weighted by Crippen LogP contribution is -2.00. The van der Waals surface area contributed by atoms with Gasteiger partial charge < -0.3 is 9.84 Å². The van der Waals surface area contributed by atoms with Gasteiger partial charge >= 0.3 is 5.97 Å². The fraction of sp³-hybridized carbons (Fsp3) is 0.0909. The Morgan fingerprint density at radius 1 is 1.53 bits per heavy atom. The number of benzene rings is 1. The van der Waals surface area contributed by atoms with Crippen molar-refractivity contribution < 1.29 is 14.6 Å². The predicted molar refractivity (Wildman–Crippen MR) is 52.4 cm³/mol. The summed E-state index contributed by atoms with van der Waals surface area (Å²) in [6.45, 7) is 0. The van der Waals surface area contributed by atoms with E-state index in [1.165, 1.54) is 25.3 Å². The first-order valence-corrected chi connectivity index (χ1v) is 4.00. The van der Waals surface area contributed by atoms with Crippen molar-refractivity contribution >= 4 is 5.97 Å². The highest BCUT2D eigenvalue weighted by atomic mass is 16.5. The number of ether oxygens (including phenoxy) is 1. The van der Waals surface area contributed by atoms with Gasteiger partial charge in [0, 0.05) is 11.5 Å². The molecule has 0 heterocycles. The third-order valence-electron chi connectivity index (χ3n) is 1.69. The van der Waals surface area contributed by atoms with Crippen molar-refractivity contribution in [2.24, 2.45) is 0 Å². The van der Waals surface area contributed by atoms with Crippen molar-refractivity contribution in [3.63, 3.8) is 0 Å². The van der Waals surface area contributed by atoms with Crippen molar-refractivity contribution in [3.8, 4) is 23.7 Å². The number of hydrogen-bond donors (Lipinski definition) is 1. The molecule has 0 unspecified atom stereocenters. The fourth-order valence-electron chi connectivity index (χ4n) is 1.05. The average molecular weight is 201 g/mol. The third-order valence-corrected chi connectivity index (χ3v) is 1.69. The normalized spacial score (nSPS) is 8.27. The van der Waals surface area contributed by atoms with E-state index >= 15 is 0 Å². The quantitative estimate of drug-likeness (QED) is 0.731. The summed E-state index contributed by atoms with van der Waals surface area (Å²) < 4.78 is 4.90. The number of nitrogens with zero attached hydrogens (tertiary/aromatic N) is 1. The molecule has 0 saturated heterocycles. The van der Waals surface area contributed by atoms with Gasteiger partial charge in [0.05, 0.1) is 7.11 Å². The van der Waals surface area contributed by atoms with Gasteiger partial charge in [-0.3, -0.25) is 0 Å². The number of carboxylic acids is 1. The highest BCUT2D eigenvalue weighted by Crippen LogP contribution is 2.19. The van der Waals surface area contributed by atoms with Crippen LogP contribution >= 0.6 is 0 Å². The molecule has 0 fully saturated rings. The molecule has 1 N–H and O–H groups in total. The average Bonchev–Trinajstić information content (AvgIpc) is 2.25. The van der Waals surface area contributed by atoms with Crippen LogP contribution in [0.5, 0.6) is 5.75 Å². The van der Waals surface area contributed by atoms with Gasteiger partial charge in [-0.1, -0.05) is 5.92 Å². The maximum Gasteiger partial charge on any atom is 0.339 e. The number of hydrogen-bond acceptors (Lipinski definition) is 3. The first kappa shape index (κ1) is 10.6. The van der Waals surface area contributed by atoms with E-state index in [9.17, 15) is 4.79 Å². The minimum absolute atomic E-state index is 0.0695. The zero-order valence-corrected chi connectivity index (χ0v) is 7.94. The molecule has 0 aliphatic carbocycles. The van der Waals surface area contributed by atoms with Gasteiger partial charge in [0.25, 0.3) is 0 Å². The van der Waals surface area contributed by atoms with Crippen LogP contribution in [0.25, 0.3) is 0 Å². The van der Waals surface area contributed by atoms with E-state index in [0.717, 1.165) is 0 Å². The second-order valence-corrected chi connectivity index (χ2v) is 2.58. The molecule has 74 valence electrons. The van der Waals surface area contributed by atoms with Crippen molar-refractivity contribution in [1.29, 1.82) is 5.26 Å². The molecule has 0 aliphatic heterocycles. The molecule has 0 radical (unpaired) electrons. The van der Waals surface area contributed by atoms with Crippen molar-refractivity contribution in [1.82, 2.24) is 0 Å². The topological polar surface area (TPSA) is 70.3 Å². The lowest BCUT2D eigenvalue weighted by molar-refractivity contribution is 0.0693. The molecular weight excluding hydrogens is 194 g/mol. The van der Waals surface area contributed by atoms with Crippen molar-refractivity contribution in [2.75, 3.05) is 7.11 Å². The van der Waals surface area contributed by atoms with Gasteiger partial charge in [0.1, 0.15) is 11.3 Å². The van der Waals surface area contributed by atoms with Crippen LogP contribution in [0.15, 0.2) is 18.2 Å². The molecule has 0 saturated carbocycles. The lowest BCUT2D eigenvalue weighted by Gasteiger charge is -2.04. The largest absolute Gasteiger partial charge is 0.496 e. The molecule has 0 bridgehead atoms. The summed E-state index contributed by atoms with van der Waals surface area (Å²) in [6.07, 6.45) is 0. The summed E-state index contributed by atoms with van der Waals surface area (Å²) in [6, 6.07) is 6.07. The van der Waals surface area contributed by atoms with Crippen LogP contribution in [0, 0.1) is 23.2 Å². The molecule has 4 heteroatoms. The lowest BCUT2D eigenvalue weighted by atomic mass is 10.1. The van der Waals surface area contributed by atoms with Crippen LogP contribution in [-0.4, -0.2) is 18.2 Å². The van der Waals surface area contributed by atoms with Gasteiger partial charge in [-0.2, -0.15) is 5.26 Å². The molecule has 0 atom stereocenters. The summed E-state index contributed by atoms with van der Waals surface area (Å²) in [4.78, 5) is 10.7. The molecular formula is C11H7NO3. The minimum atomic E-state index is -1.06. The van der Waals surface area contributed by atoms with E-state index < -0.39 is 5.97 Å². The van der Waals surface area contributed by atoms with Crippen LogP contribution in [0.3, 0.4) is 0 Å². The molecule has 0 amide bonds. The van der Waals surface area contributed by atoms with E-state index in [2.05, 4.69) is 11.8 Å². The Bertz CT molecular complexity index is 489. The Balaban J connectivity index is 3.20. The van der Waals surface area contributed by atoms with E-state index in [4.69, 9.17) is 15.1 Å². The Morgan fingerprint density at radius 3 is 2.80 bits per heavy atom. The number of methoxy groups -OCH3 is 1. The van der Waals surface area contributed by atoms with Crippen LogP contribution in [0.2, 0.25) is 0 Å². The number of carbonyl (C=O) groups is 1. The summed E-state index contributed by atoms with van der Waals surface area (Å²) in [5.74, 6) is 3.93. The van der Waals surface area contributed by atoms with Crippen LogP contribution in [-0.2, 0) is 0 Å². The maximum atomic E-state index is 10.7. The SMILES string of the molecule is COc1cc(C#CC#N)ccc1C(=O)O. The summed E-state index contributed by atoms with van der Waals surface area (Å²) >= 11 is 0. The van der Waals surface area contributed by atoms with Crippen LogP contribution in [0.4, 0.5) is 0 Å². The first-order chi connectivity index (χ1) is 7.19. The molecule has 1 aromatic rings. The maximum absolute atomic E-state index is 10.7. The molecule has 0 aliphatic rings. The van der Waals surface area contributed by atoms with Gasteiger partial charge in [-0.05, 0) is 18.2 Å². The van der Waals surface area contributed by atoms with E-state index in [-0.39, 0.29) is 11.3 Å². The first-order valence-electron chi connectivity index (χ1n) is 4.00. The zero-order valence-electron chi connectivity index (χ0n) is 7.94. The van der Waals surface area contributed by atoms with Gasteiger partial charge in [-0.25, -0.2) is 4.79 Å². The van der Waals surface area contributed by atoms with E-state index in [1.54, 1.807) is 6.07 Å². The van der Waals surface area contributed by atoms with Crippen LogP contribution in [0.1, 0.15) is 15.9 Å². The Labute approximate surface area is 86.7 Å². The second-order valence-electron chi connectivity index (χ2n) is 2.58. The molecule has 4 nitrogen and oxygen atoms in total. The monoisotopic (exact) mass is 201 g/mol. The summed E-state index contributed by atoms with van der Waals surface area (Å²) in [7, 11) is 1.38. The minimum Gasteiger partial charge on any atom is -0.496 e. The Kier molecular flexibility index (Phi) is 3.32. The number of nitriles is 1. The summed E-state index contributed by atoms with van der Waals surface area (Å²) in [5, 5.41) is 17.0. The van der Waals surface area contributed by atoms with Gasteiger partial charge in [0.15, 0.2) is 6.07 Å². The molecule has 0 spiro atoms. The molecule has 1 rings (SSSR count). The van der Waals surface area contributed by atoms with E-state index in [0.29, 0.717) is 5.56 Å². The van der Waals surface area contributed by atoms with Gasteiger partial charge in [-0.15, -0.1) is 0 Å². The highest BCUT2D eigenvalue weighted by molar-refractivity contribution is 5.91. The summed E-state index contributed by atoms with van der Waals surface area (Å²) in [5.41, 5.74) is 0.610. The Hall–Kier alpha value is -2.46. The Morgan fingerprint density at radius 2 is 2.27 bits per heavy atom. The van der Waals surface area contributed by atoms with Crippen molar-refractivity contribution in [3.05, 3.63) is 29.3 Å². The fourth-order valence-corrected chi connectivity index (χ4v) is 1.05. The van der Waals surface area contributed by atoms with Crippen LogP contribution < -0.4 is 4.74 Å². The second kappa shape index (κ2) is 4.69. The smallest absolute Gasteiger partial charge is 0.339 e. The van der Waals surface area contributed by atoms with Crippen molar-refractivity contribution in [2.45, 2.75) is 0 Å². The predicted octanol–water partition coefficient (Wildman–Crippen LogP) is 1.27. The number of rotatable bonds is 2.